The Morgan fingerprint density at radius 3 is 2.57 bits per heavy atom. The molecular formula is C16H14Cl2N2O3. The highest BCUT2D eigenvalue weighted by Gasteiger charge is 2.21. The van der Waals surface area contributed by atoms with Crippen molar-refractivity contribution in [3.63, 3.8) is 0 Å². The first kappa shape index (κ1) is 17.2. The Bertz CT molecular complexity index is 708. The molecule has 7 heteroatoms. The molecule has 0 unspecified atom stereocenters. The van der Waals surface area contributed by atoms with E-state index in [4.69, 9.17) is 27.9 Å². The van der Waals surface area contributed by atoms with E-state index in [-0.39, 0.29) is 15.9 Å². The number of hydrogen-bond acceptors (Lipinski definition) is 4. The molecule has 2 aromatic rings. The van der Waals surface area contributed by atoms with E-state index in [9.17, 15) is 9.59 Å². The minimum Gasteiger partial charge on any atom is -0.448 e. The third kappa shape index (κ3) is 4.94. The third-order valence-electron chi connectivity index (χ3n) is 2.97. The number of aromatic nitrogens is 1. The molecule has 0 aliphatic heterocycles. The summed E-state index contributed by atoms with van der Waals surface area (Å²) in [6.07, 6.45) is -0.983. The topological polar surface area (TPSA) is 68.3 Å². The van der Waals surface area contributed by atoms with Crippen LogP contribution in [-0.2, 0) is 16.1 Å². The molecule has 1 N–H and O–H groups in total. The number of carbonyl (C=O) groups is 2. The lowest BCUT2D eigenvalue weighted by atomic mass is 10.2. The van der Waals surface area contributed by atoms with Gasteiger partial charge in [0.05, 0.1) is 5.02 Å². The minimum absolute atomic E-state index is 0.108. The number of nitrogens with one attached hydrogen (secondary N) is 1. The summed E-state index contributed by atoms with van der Waals surface area (Å²) in [6.45, 7) is 1.81. The molecule has 1 amide bonds. The Labute approximate surface area is 143 Å². The average molecular weight is 353 g/mol. The monoisotopic (exact) mass is 352 g/mol. The van der Waals surface area contributed by atoms with E-state index in [0.717, 1.165) is 5.56 Å². The van der Waals surface area contributed by atoms with Crippen molar-refractivity contribution >= 4 is 35.1 Å². The molecule has 1 aromatic carbocycles. The molecule has 23 heavy (non-hydrogen) atoms. The fraction of sp³-hybridized carbons (Fsp3) is 0.188. The second-order valence-electron chi connectivity index (χ2n) is 4.72. The summed E-state index contributed by atoms with van der Waals surface area (Å²) in [5.74, 6) is -1.22. The van der Waals surface area contributed by atoms with Gasteiger partial charge >= 0.3 is 5.97 Å². The fourth-order valence-electron chi connectivity index (χ4n) is 1.76. The molecule has 0 radical (unpaired) electrons. The van der Waals surface area contributed by atoms with Crippen molar-refractivity contribution in [2.45, 2.75) is 19.6 Å². The summed E-state index contributed by atoms with van der Waals surface area (Å²) in [7, 11) is 0. The molecule has 0 bridgehead atoms. The normalized spacial score (nSPS) is 11.6. The van der Waals surface area contributed by atoms with E-state index in [1.807, 2.05) is 30.3 Å². The number of carbonyl (C=O) groups excluding carboxylic acids is 2. The molecule has 0 saturated heterocycles. The highest BCUT2D eigenvalue weighted by atomic mass is 35.5. The Morgan fingerprint density at radius 2 is 1.87 bits per heavy atom. The summed E-state index contributed by atoms with van der Waals surface area (Å²) < 4.78 is 5.07. The second-order valence-corrected chi connectivity index (χ2v) is 5.51. The fourth-order valence-corrected chi connectivity index (χ4v) is 2.09. The molecule has 1 heterocycles. The van der Waals surface area contributed by atoms with Gasteiger partial charge in [-0.2, -0.15) is 0 Å². The van der Waals surface area contributed by atoms with Gasteiger partial charge in [-0.25, -0.2) is 9.78 Å². The highest BCUT2D eigenvalue weighted by molar-refractivity contribution is 6.34. The molecule has 120 valence electrons. The van der Waals surface area contributed by atoms with Crippen molar-refractivity contribution in [2.24, 2.45) is 0 Å². The van der Waals surface area contributed by atoms with Crippen molar-refractivity contribution < 1.29 is 14.3 Å². The Hall–Kier alpha value is -2.11. The van der Waals surface area contributed by atoms with E-state index in [1.165, 1.54) is 19.1 Å². The van der Waals surface area contributed by atoms with Gasteiger partial charge in [0.1, 0.15) is 5.15 Å². The molecule has 0 aliphatic carbocycles. The van der Waals surface area contributed by atoms with Crippen LogP contribution in [0.1, 0.15) is 23.0 Å². The number of nitrogens with zero attached hydrogens (tertiary/aromatic N) is 1. The van der Waals surface area contributed by atoms with Gasteiger partial charge in [0.15, 0.2) is 11.8 Å². The Kier molecular flexibility index (Phi) is 5.96. The molecule has 0 aliphatic rings. The zero-order valence-corrected chi connectivity index (χ0v) is 13.8. The summed E-state index contributed by atoms with van der Waals surface area (Å²) in [5.41, 5.74) is 0.820. The first-order valence-electron chi connectivity index (χ1n) is 6.82. The van der Waals surface area contributed by atoms with Crippen molar-refractivity contribution in [2.75, 3.05) is 0 Å². The summed E-state index contributed by atoms with van der Waals surface area (Å²) in [6, 6.07) is 12.3. The number of ether oxygens (including phenoxy) is 1. The van der Waals surface area contributed by atoms with Crippen LogP contribution in [0.3, 0.4) is 0 Å². The number of rotatable bonds is 5. The lowest BCUT2D eigenvalue weighted by Crippen LogP contribution is -2.35. The predicted octanol–water partition coefficient (Wildman–Crippen LogP) is 3.25. The number of pyridine rings is 1. The lowest BCUT2D eigenvalue weighted by Gasteiger charge is -2.13. The number of amides is 1. The van der Waals surface area contributed by atoms with Crippen LogP contribution in [0, 0.1) is 0 Å². The van der Waals surface area contributed by atoms with Crippen molar-refractivity contribution in [3.8, 4) is 0 Å². The van der Waals surface area contributed by atoms with Gasteiger partial charge in [-0.15, -0.1) is 0 Å². The largest absolute Gasteiger partial charge is 0.448 e. The minimum atomic E-state index is -0.983. The first-order valence-corrected chi connectivity index (χ1v) is 7.57. The van der Waals surface area contributed by atoms with Crippen molar-refractivity contribution in [1.82, 2.24) is 10.3 Å². The molecule has 0 saturated carbocycles. The zero-order chi connectivity index (χ0) is 16.8. The zero-order valence-electron chi connectivity index (χ0n) is 12.3. The standard InChI is InChI=1S/C16H14Cl2N2O3/c1-10(15(21)19-9-11-5-3-2-4-6-11)23-16(22)14-12(17)7-8-13(18)20-14/h2-8,10H,9H2,1H3,(H,19,21)/t10-/m1/s1. The molecular weight excluding hydrogens is 339 g/mol. The van der Waals surface area contributed by atoms with E-state index in [1.54, 1.807) is 0 Å². The molecule has 2 rings (SSSR count). The Balaban J connectivity index is 1.92. The molecule has 0 fully saturated rings. The van der Waals surface area contributed by atoms with E-state index in [2.05, 4.69) is 10.3 Å². The molecule has 1 aromatic heterocycles. The maximum absolute atomic E-state index is 12.0. The second kappa shape index (κ2) is 7.94. The molecule has 1 atom stereocenters. The SMILES string of the molecule is C[C@@H](OC(=O)c1nc(Cl)ccc1Cl)C(=O)NCc1ccccc1. The van der Waals surface area contributed by atoms with E-state index < -0.39 is 18.0 Å². The predicted molar refractivity (Wildman–Crippen MR) is 87.4 cm³/mol. The van der Waals surface area contributed by atoms with Gasteiger partial charge in [-0.3, -0.25) is 4.79 Å². The number of benzene rings is 1. The van der Waals surface area contributed by atoms with Crippen molar-refractivity contribution in [1.29, 1.82) is 0 Å². The van der Waals surface area contributed by atoms with Crippen LogP contribution in [0.25, 0.3) is 0 Å². The first-order chi connectivity index (χ1) is 11.0. The van der Waals surface area contributed by atoms with Crippen molar-refractivity contribution in [3.05, 3.63) is 63.9 Å². The van der Waals surface area contributed by atoms with Crippen LogP contribution in [0.5, 0.6) is 0 Å². The number of esters is 1. The maximum Gasteiger partial charge on any atom is 0.359 e. The van der Waals surface area contributed by atoms with Gasteiger partial charge in [-0.1, -0.05) is 53.5 Å². The molecule has 0 spiro atoms. The van der Waals surface area contributed by atoms with E-state index in [0.29, 0.717) is 6.54 Å². The van der Waals surface area contributed by atoms with Crippen LogP contribution >= 0.6 is 23.2 Å². The maximum atomic E-state index is 12.0. The van der Waals surface area contributed by atoms with Crippen LogP contribution in [0.4, 0.5) is 0 Å². The van der Waals surface area contributed by atoms with Crippen LogP contribution < -0.4 is 5.32 Å². The lowest BCUT2D eigenvalue weighted by molar-refractivity contribution is -0.129. The summed E-state index contributed by atoms with van der Waals surface area (Å²) in [5, 5.41) is 2.91. The smallest absolute Gasteiger partial charge is 0.359 e. The van der Waals surface area contributed by atoms with E-state index >= 15 is 0 Å². The Morgan fingerprint density at radius 1 is 1.17 bits per heavy atom. The van der Waals surface area contributed by atoms with Crippen LogP contribution in [-0.4, -0.2) is 23.0 Å². The van der Waals surface area contributed by atoms with Gasteiger partial charge in [0.2, 0.25) is 0 Å². The summed E-state index contributed by atoms with van der Waals surface area (Å²) >= 11 is 11.6. The van der Waals surface area contributed by atoms with Gasteiger partial charge in [0, 0.05) is 6.54 Å². The molecule has 5 nitrogen and oxygen atoms in total. The van der Waals surface area contributed by atoms with Crippen LogP contribution in [0.15, 0.2) is 42.5 Å². The third-order valence-corrected chi connectivity index (χ3v) is 3.48. The number of halogens is 2. The van der Waals surface area contributed by atoms with Gasteiger partial charge in [0.25, 0.3) is 5.91 Å². The summed E-state index contributed by atoms with van der Waals surface area (Å²) in [4.78, 5) is 27.8. The van der Waals surface area contributed by atoms with Gasteiger partial charge in [-0.05, 0) is 24.6 Å². The van der Waals surface area contributed by atoms with Crippen LogP contribution in [0.2, 0.25) is 10.2 Å². The average Bonchev–Trinajstić information content (AvgIpc) is 2.55. The van der Waals surface area contributed by atoms with Gasteiger partial charge < -0.3 is 10.1 Å². The highest BCUT2D eigenvalue weighted by Crippen LogP contribution is 2.18. The number of hydrogen-bond donors (Lipinski definition) is 1. The quantitative estimate of drug-likeness (QED) is 0.662.